The number of hydrogen-bond donors (Lipinski definition) is 1. The second-order valence-electron chi connectivity index (χ2n) is 4.36. The summed E-state index contributed by atoms with van der Waals surface area (Å²) in [5.74, 6) is 0. The molecule has 1 aliphatic carbocycles. The average molecular weight is 243 g/mol. The van der Waals surface area contributed by atoms with Crippen LogP contribution >= 0.6 is 0 Å². The zero-order chi connectivity index (χ0) is 12.3. The van der Waals surface area contributed by atoms with Crippen LogP contribution in [0.25, 0.3) is 0 Å². The molecule has 0 aromatic heterocycles. The van der Waals surface area contributed by atoms with Gasteiger partial charge in [-0.05, 0) is 19.9 Å². The third-order valence-electron chi connectivity index (χ3n) is 3.05. The Kier molecular flexibility index (Phi) is 4.55. The van der Waals surface area contributed by atoms with E-state index in [4.69, 9.17) is 5.11 Å². The first kappa shape index (κ1) is 13.7. The van der Waals surface area contributed by atoms with Gasteiger partial charge in [0.05, 0.1) is 0 Å². The van der Waals surface area contributed by atoms with Crippen molar-refractivity contribution in [3.05, 3.63) is 0 Å². The highest BCUT2D eigenvalue weighted by Gasteiger charge is 2.40. The van der Waals surface area contributed by atoms with Gasteiger partial charge in [-0.25, -0.2) is 4.39 Å². The van der Waals surface area contributed by atoms with Crippen molar-refractivity contribution in [2.75, 3.05) is 13.6 Å². The highest BCUT2D eigenvalue weighted by Crippen LogP contribution is 2.27. The van der Waals surface area contributed by atoms with Gasteiger partial charge in [-0.3, -0.25) is 4.90 Å². The van der Waals surface area contributed by atoms with Crippen molar-refractivity contribution in [3.63, 3.8) is 0 Å². The topological polar surface area (TPSA) is 23.5 Å². The number of aliphatic hydroxyl groups is 1. The van der Waals surface area contributed by atoms with Gasteiger partial charge in [0, 0.05) is 12.6 Å². The van der Waals surface area contributed by atoms with Gasteiger partial charge in [-0.15, -0.1) is 0 Å². The van der Waals surface area contributed by atoms with Crippen LogP contribution in [0, 0.1) is 0 Å². The molecule has 0 amide bonds. The van der Waals surface area contributed by atoms with E-state index < -0.39 is 31.0 Å². The smallest absolute Gasteiger partial charge is 0.382 e. The molecule has 0 radical (unpaired) electrons. The summed E-state index contributed by atoms with van der Waals surface area (Å²) in [7, 11) is 1.43. The Labute approximate surface area is 92.2 Å². The number of hydrogen-bond acceptors (Lipinski definition) is 2. The van der Waals surface area contributed by atoms with Gasteiger partial charge in [-0.2, -0.15) is 13.2 Å². The standard InChI is InChI=1S/C10H17F4NO/c1-15(6-9(16)10(12,13)14)8-5-3-2-4-7(8)11/h7-9,16H,2-6H2,1H3/t7-,8-,9?/m1/s1. The second kappa shape index (κ2) is 5.31. The molecule has 1 fully saturated rings. The first-order valence-electron chi connectivity index (χ1n) is 5.41. The Morgan fingerprint density at radius 1 is 1.31 bits per heavy atom. The Morgan fingerprint density at radius 2 is 1.88 bits per heavy atom. The normalized spacial score (nSPS) is 29.4. The molecule has 0 aromatic carbocycles. The molecule has 0 aliphatic heterocycles. The van der Waals surface area contributed by atoms with Crippen molar-refractivity contribution in [1.82, 2.24) is 4.90 Å². The predicted molar refractivity (Wildman–Crippen MR) is 51.8 cm³/mol. The molecule has 0 aromatic rings. The highest BCUT2D eigenvalue weighted by atomic mass is 19.4. The van der Waals surface area contributed by atoms with Crippen molar-refractivity contribution in [1.29, 1.82) is 0 Å². The molecule has 16 heavy (non-hydrogen) atoms. The largest absolute Gasteiger partial charge is 0.415 e. The molecule has 3 atom stereocenters. The van der Waals surface area contributed by atoms with E-state index in [1.807, 2.05) is 0 Å². The number of halogens is 4. The number of rotatable bonds is 3. The number of nitrogens with zero attached hydrogens (tertiary/aromatic N) is 1. The molecule has 1 N–H and O–H groups in total. The zero-order valence-electron chi connectivity index (χ0n) is 9.17. The van der Waals surface area contributed by atoms with Gasteiger partial charge in [0.15, 0.2) is 6.10 Å². The van der Waals surface area contributed by atoms with Crippen LogP contribution in [0.15, 0.2) is 0 Å². The van der Waals surface area contributed by atoms with E-state index in [2.05, 4.69) is 0 Å². The third-order valence-corrected chi connectivity index (χ3v) is 3.05. The molecular formula is C10H17F4NO. The molecule has 1 rings (SSSR count). The first-order chi connectivity index (χ1) is 7.32. The lowest BCUT2D eigenvalue weighted by Gasteiger charge is -2.35. The lowest BCUT2D eigenvalue weighted by atomic mass is 9.92. The number of alkyl halides is 4. The summed E-state index contributed by atoms with van der Waals surface area (Å²) in [6, 6.07) is -0.495. The van der Waals surface area contributed by atoms with E-state index >= 15 is 0 Å². The molecule has 1 aliphatic rings. The van der Waals surface area contributed by atoms with Gasteiger partial charge in [0.1, 0.15) is 6.17 Å². The van der Waals surface area contributed by atoms with Crippen LogP contribution in [0.3, 0.4) is 0 Å². The second-order valence-corrected chi connectivity index (χ2v) is 4.36. The SMILES string of the molecule is CN(CC(O)C(F)(F)F)[C@@H]1CCCC[C@H]1F. The van der Waals surface area contributed by atoms with E-state index in [0.29, 0.717) is 12.8 Å². The van der Waals surface area contributed by atoms with Crippen LogP contribution < -0.4 is 0 Å². The van der Waals surface area contributed by atoms with E-state index in [9.17, 15) is 17.6 Å². The van der Waals surface area contributed by atoms with Crippen molar-refractivity contribution in [2.24, 2.45) is 0 Å². The van der Waals surface area contributed by atoms with Crippen LogP contribution in [0.4, 0.5) is 17.6 Å². The van der Waals surface area contributed by atoms with Crippen molar-refractivity contribution >= 4 is 0 Å². The molecule has 1 unspecified atom stereocenters. The van der Waals surface area contributed by atoms with E-state index in [1.165, 1.54) is 11.9 Å². The minimum Gasteiger partial charge on any atom is -0.382 e. The fourth-order valence-corrected chi connectivity index (χ4v) is 2.07. The summed E-state index contributed by atoms with van der Waals surface area (Å²) >= 11 is 0. The molecule has 0 spiro atoms. The summed E-state index contributed by atoms with van der Waals surface area (Å²) in [6.07, 6.45) is -5.54. The highest BCUT2D eigenvalue weighted by molar-refractivity contribution is 4.83. The minimum atomic E-state index is -4.63. The first-order valence-corrected chi connectivity index (χ1v) is 5.41. The monoisotopic (exact) mass is 243 g/mol. The summed E-state index contributed by atoms with van der Waals surface area (Å²) < 4.78 is 49.8. The van der Waals surface area contributed by atoms with E-state index in [-0.39, 0.29) is 0 Å². The Bertz CT molecular complexity index is 221. The minimum absolute atomic E-state index is 0.400. The van der Waals surface area contributed by atoms with Crippen molar-refractivity contribution in [2.45, 2.75) is 50.2 Å². The maximum atomic E-state index is 13.4. The van der Waals surface area contributed by atoms with Crippen molar-refractivity contribution < 1.29 is 22.7 Å². The Balaban J connectivity index is 2.47. The van der Waals surface area contributed by atoms with Gasteiger partial charge in [-0.1, -0.05) is 12.8 Å². The molecule has 1 saturated carbocycles. The molecule has 2 nitrogen and oxygen atoms in total. The summed E-state index contributed by atoms with van der Waals surface area (Å²) in [5, 5.41) is 8.88. The number of likely N-dealkylation sites (N-methyl/N-ethyl adjacent to an activating group) is 1. The number of aliphatic hydroxyl groups excluding tert-OH is 1. The Morgan fingerprint density at radius 3 is 2.38 bits per heavy atom. The lowest BCUT2D eigenvalue weighted by molar-refractivity contribution is -0.209. The maximum Gasteiger partial charge on any atom is 0.415 e. The predicted octanol–water partition coefficient (Wildman–Crippen LogP) is 2.12. The molecular weight excluding hydrogens is 226 g/mol. The molecule has 0 heterocycles. The maximum absolute atomic E-state index is 13.4. The average Bonchev–Trinajstić information content (AvgIpc) is 2.16. The fourth-order valence-electron chi connectivity index (χ4n) is 2.07. The Hall–Kier alpha value is -0.360. The van der Waals surface area contributed by atoms with Gasteiger partial charge >= 0.3 is 6.18 Å². The third kappa shape index (κ3) is 3.59. The van der Waals surface area contributed by atoms with Crippen LogP contribution in [-0.4, -0.2) is 48.1 Å². The lowest BCUT2D eigenvalue weighted by Crippen LogP contribution is -2.47. The van der Waals surface area contributed by atoms with Crippen molar-refractivity contribution in [3.8, 4) is 0 Å². The van der Waals surface area contributed by atoms with Crippen LogP contribution in [0.2, 0.25) is 0 Å². The quantitative estimate of drug-likeness (QED) is 0.767. The summed E-state index contributed by atoms with van der Waals surface area (Å²) in [5.41, 5.74) is 0. The van der Waals surface area contributed by atoms with E-state index in [1.54, 1.807) is 0 Å². The van der Waals surface area contributed by atoms with Crippen LogP contribution in [0.1, 0.15) is 25.7 Å². The summed E-state index contributed by atoms with van der Waals surface area (Å²) in [6.45, 7) is -0.561. The fraction of sp³-hybridized carbons (Fsp3) is 1.00. The van der Waals surface area contributed by atoms with Crippen LogP contribution in [-0.2, 0) is 0 Å². The molecule has 6 heteroatoms. The molecule has 0 bridgehead atoms. The summed E-state index contributed by atoms with van der Waals surface area (Å²) in [4.78, 5) is 1.28. The van der Waals surface area contributed by atoms with E-state index in [0.717, 1.165) is 12.8 Å². The van der Waals surface area contributed by atoms with Gasteiger partial charge in [0.2, 0.25) is 0 Å². The zero-order valence-corrected chi connectivity index (χ0v) is 9.17. The van der Waals surface area contributed by atoms with Gasteiger partial charge < -0.3 is 5.11 Å². The van der Waals surface area contributed by atoms with Crippen LogP contribution in [0.5, 0.6) is 0 Å². The van der Waals surface area contributed by atoms with Gasteiger partial charge in [0.25, 0.3) is 0 Å². The molecule has 96 valence electrons. The molecule has 0 saturated heterocycles.